The predicted octanol–water partition coefficient (Wildman–Crippen LogP) is 2.28. The van der Waals surface area contributed by atoms with Crippen molar-refractivity contribution in [3.05, 3.63) is 58.4 Å². The lowest BCUT2D eigenvalue weighted by Gasteiger charge is -2.30. The lowest BCUT2D eigenvalue weighted by Crippen LogP contribution is -2.42. The first-order chi connectivity index (χ1) is 12.5. The summed E-state index contributed by atoms with van der Waals surface area (Å²) in [6, 6.07) is 13.0. The largest absolute Gasteiger partial charge is 0.422 e. The van der Waals surface area contributed by atoms with Crippen LogP contribution < -0.4 is 11.4 Å². The number of fused-ring (bicyclic) bond motifs is 3. The Labute approximate surface area is 149 Å². The fourth-order valence-corrected chi connectivity index (χ4v) is 3.56. The Kier molecular flexibility index (Phi) is 3.95. The van der Waals surface area contributed by atoms with Crippen LogP contribution in [0, 0.1) is 5.92 Å². The van der Waals surface area contributed by atoms with Gasteiger partial charge < -0.3 is 15.1 Å². The molecular formula is C20H18N2O4. The number of likely N-dealkylation sites (tertiary alicyclic amines) is 1. The number of nitrogens with zero attached hydrogens (tertiary/aromatic N) is 1. The topological polar surface area (TPSA) is 93.6 Å². The van der Waals surface area contributed by atoms with Crippen molar-refractivity contribution in [2.45, 2.75) is 12.8 Å². The van der Waals surface area contributed by atoms with Gasteiger partial charge in [-0.15, -0.1) is 0 Å². The van der Waals surface area contributed by atoms with E-state index in [0.717, 1.165) is 16.2 Å². The van der Waals surface area contributed by atoms with Crippen molar-refractivity contribution < 1.29 is 14.0 Å². The molecule has 0 atom stereocenters. The maximum absolute atomic E-state index is 12.8. The zero-order chi connectivity index (χ0) is 18.3. The highest BCUT2D eigenvalue weighted by Gasteiger charge is 2.28. The van der Waals surface area contributed by atoms with Gasteiger partial charge in [-0.2, -0.15) is 0 Å². The first kappa shape index (κ1) is 16.3. The number of rotatable bonds is 2. The second-order valence-electron chi connectivity index (χ2n) is 6.61. The molecule has 2 aromatic carbocycles. The molecule has 132 valence electrons. The smallest absolute Gasteiger partial charge is 0.349 e. The molecule has 0 radical (unpaired) electrons. The van der Waals surface area contributed by atoms with E-state index in [-0.39, 0.29) is 23.3 Å². The standard InChI is InChI=1S/C20H18N2O4/c21-18(23)13-7-9-22(10-8-13)19(24)16-11-15-14-4-2-1-3-12(14)5-6-17(15)26-20(16)25/h1-6,11,13H,7-10H2,(H2,21,23). The maximum atomic E-state index is 12.8. The fourth-order valence-electron chi connectivity index (χ4n) is 3.56. The third-order valence-corrected chi connectivity index (χ3v) is 5.06. The highest BCUT2D eigenvalue weighted by atomic mass is 16.4. The van der Waals surface area contributed by atoms with Gasteiger partial charge in [-0.3, -0.25) is 9.59 Å². The third kappa shape index (κ3) is 2.73. The van der Waals surface area contributed by atoms with Crippen LogP contribution in [0.3, 0.4) is 0 Å². The van der Waals surface area contributed by atoms with Crippen molar-refractivity contribution in [2.24, 2.45) is 11.7 Å². The summed E-state index contributed by atoms with van der Waals surface area (Å²) in [7, 11) is 0. The van der Waals surface area contributed by atoms with Crippen LogP contribution >= 0.6 is 0 Å². The lowest BCUT2D eigenvalue weighted by molar-refractivity contribution is -0.123. The quantitative estimate of drug-likeness (QED) is 0.567. The van der Waals surface area contributed by atoms with Crippen molar-refractivity contribution >= 4 is 33.6 Å². The molecule has 0 saturated carbocycles. The number of carbonyl (C=O) groups excluding carboxylic acids is 2. The van der Waals surface area contributed by atoms with Gasteiger partial charge >= 0.3 is 5.63 Å². The Hall–Kier alpha value is -3.15. The normalized spacial score (nSPS) is 15.5. The van der Waals surface area contributed by atoms with Crippen LogP contribution in [-0.4, -0.2) is 29.8 Å². The van der Waals surface area contributed by atoms with Crippen molar-refractivity contribution in [2.75, 3.05) is 13.1 Å². The van der Waals surface area contributed by atoms with E-state index in [1.54, 1.807) is 17.0 Å². The van der Waals surface area contributed by atoms with Crippen LogP contribution in [0.5, 0.6) is 0 Å². The van der Waals surface area contributed by atoms with Gasteiger partial charge in [0.05, 0.1) is 0 Å². The molecule has 2 N–H and O–H groups in total. The van der Waals surface area contributed by atoms with E-state index in [9.17, 15) is 14.4 Å². The van der Waals surface area contributed by atoms with Crippen LogP contribution in [0.2, 0.25) is 0 Å². The van der Waals surface area contributed by atoms with Crippen molar-refractivity contribution in [1.29, 1.82) is 0 Å². The third-order valence-electron chi connectivity index (χ3n) is 5.06. The minimum atomic E-state index is -0.644. The first-order valence-electron chi connectivity index (χ1n) is 8.59. The average molecular weight is 350 g/mol. The first-order valence-corrected chi connectivity index (χ1v) is 8.59. The van der Waals surface area contributed by atoms with Gasteiger partial charge in [-0.25, -0.2) is 4.79 Å². The van der Waals surface area contributed by atoms with Crippen LogP contribution in [0.25, 0.3) is 21.7 Å². The number of hydrogen-bond donors (Lipinski definition) is 1. The molecule has 0 aliphatic carbocycles. The van der Waals surface area contributed by atoms with Crippen molar-refractivity contribution in [1.82, 2.24) is 4.90 Å². The molecule has 1 fully saturated rings. The molecule has 6 heteroatoms. The van der Waals surface area contributed by atoms with E-state index in [0.29, 0.717) is 31.5 Å². The molecule has 0 bridgehead atoms. The Morgan fingerprint density at radius 1 is 1.04 bits per heavy atom. The highest BCUT2D eigenvalue weighted by molar-refractivity contribution is 6.07. The minimum absolute atomic E-state index is 0.0198. The Morgan fingerprint density at radius 2 is 1.77 bits per heavy atom. The number of carbonyl (C=O) groups is 2. The monoisotopic (exact) mass is 350 g/mol. The van der Waals surface area contributed by atoms with E-state index in [4.69, 9.17) is 10.2 Å². The Balaban J connectivity index is 1.73. The van der Waals surface area contributed by atoms with E-state index < -0.39 is 5.63 Å². The molecule has 1 saturated heterocycles. The van der Waals surface area contributed by atoms with Crippen molar-refractivity contribution in [3.8, 4) is 0 Å². The summed E-state index contributed by atoms with van der Waals surface area (Å²) in [5.74, 6) is -0.915. The molecule has 3 aromatic rings. The highest BCUT2D eigenvalue weighted by Crippen LogP contribution is 2.26. The second-order valence-corrected chi connectivity index (χ2v) is 6.61. The van der Waals surface area contributed by atoms with Gasteiger partial charge in [0, 0.05) is 24.4 Å². The van der Waals surface area contributed by atoms with Crippen LogP contribution in [0.15, 0.2) is 51.7 Å². The second kappa shape index (κ2) is 6.29. The van der Waals surface area contributed by atoms with Gasteiger partial charge in [0.2, 0.25) is 5.91 Å². The number of hydrogen-bond acceptors (Lipinski definition) is 4. The molecule has 1 aliphatic rings. The number of amides is 2. The van der Waals surface area contributed by atoms with Gasteiger partial charge in [0.25, 0.3) is 5.91 Å². The molecule has 2 amide bonds. The molecule has 4 rings (SSSR count). The number of benzene rings is 2. The molecule has 6 nitrogen and oxygen atoms in total. The van der Waals surface area contributed by atoms with E-state index in [2.05, 4.69) is 0 Å². The van der Waals surface area contributed by atoms with Crippen LogP contribution in [0.1, 0.15) is 23.2 Å². The summed E-state index contributed by atoms with van der Waals surface area (Å²) in [4.78, 5) is 38.0. The molecule has 1 aromatic heterocycles. The van der Waals surface area contributed by atoms with E-state index >= 15 is 0 Å². The number of nitrogens with two attached hydrogens (primary N) is 1. The Bertz CT molecular complexity index is 1080. The summed E-state index contributed by atoms with van der Waals surface area (Å²) in [5, 5.41) is 2.67. The molecule has 0 spiro atoms. The van der Waals surface area contributed by atoms with Crippen LogP contribution in [0.4, 0.5) is 0 Å². The predicted molar refractivity (Wildman–Crippen MR) is 97.8 cm³/mol. The molecule has 26 heavy (non-hydrogen) atoms. The molecule has 1 aliphatic heterocycles. The summed E-state index contributed by atoms with van der Waals surface area (Å²) < 4.78 is 5.40. The summed E-state index contributed by atoms with van der Waals surface area (Å²) >= 11 is 0. The van der Waals surface area contributed by atoms with Gasteiger partial charge in [0.1, 0.15) is 11.1 Å². The summed E-state index contributed by atoms with van der Waals surface area (Å²) in [6.45, 7) is 0.804. The van der Waals surface area contributed by atoms with Crippen LogP contribution in [-0.2, 0) is 4.79 Å². The number of primary amides is 1. The fraction of sp³-hybridized carbons (Fsp3) is 0.250. The SMILES string of the molecule is NC(=O)C1CCN(C(=O)c2cc3c(ccc4ccccc43)oc2=O)CC1. The summed E-state index contributed by atoms with van der Waals surface area (Å²) in [6.07, 6.45) is 1.03. The van der Waals surface area contributed by atoms with Gasteiger partial charge in [0.15, 0.2) is 0 Å². The molecular weight excluding hydrogens is 332 g/mol. The minimum Gasteiger partial charge on any atom is -0.422 e. The molecule has 0 unspecified atom stereocenters. The number of piperidine rings is 1. The van der Waals surface area contributed by atoms with Crippen molar-refractivity contribution in [3.63, 3.8) is 0 Å². The van der Waals surface area contributed by atoms with Gasteiger partial charge in [-0.1, -0.05) is 30.3 Å². The van der Waals surface area contributed by atoms with Gasteiger partial charge in [-0.05, 0) is 35.7 Å². The average Bonchev–Trinajstić information content (AvgIpc) is 2.67. The zero-order valence-corrected chi connectivity index (χ0v) is 14.1. The van der Waals surface area contributed by atoms with E-state index in [1.807, 2.05) is 30.3 Å². The maximum Gasteiger partial charge on any atom is 0.349 e. The zero-order valence-electron chi connectivity index (χ0n) is 14.1. The molecule has 2 heterocycles. The summed E-state index contributed by atoms with van der Waals surface area (Å²) in [5.41, 5.74) is 5.16. The van der Waals surface area contributed by atoms with E-state index in [1.165, 1.54) is 0 Å². The Morgan fingerprint density at radius 3 is 2.50 bits per heavy atom. The lowest BCUT2D eigenvalue weighted by atomic mass is 9.96.